The summed E-state index contributed by atoms with van der Waals surface area (Å²) in [7, 11) is 0. The lowest BCUT2D eigenvalue weighted by Gasteiger charge is -2.00. The van der Waals surface area contributed by atoms with Crippen molar-refractivity contribution in [2.24, 2.45) is 0 Å². The summed E-state index contributed by atoms with van der Waals surface area (Å²) >= 11 is 7.74. The van der Waals surface area contributed by atoms with Crippen molar-refractivity contribution < 1.29 is 0 Å². The van der Waals surface area contributed by atoms with E-state index in [1.165, 1.54) is 4.70 Å². The summed E-state index contributed by atoms with van der Waals surface area (Å²) in [6.07, 6.45) is 0. The molecule has 1 aromatic heterocycles. The maximum Gasteiger partial charge on any atom is 0.124 e. The first-order valence-corrected chi connectivity index (χ1v) is 6.55. The molecule has 0 unspecified atom stereocenters. The molecule has 0 radical (unpaired) electrons. The molecule has 2 aromatic carbocycles. The van der Waals surface area contributed by atoms with Crippen LogP contribution in [0.5, 0.6) is 0 Å². The summed E-state index contributed by atoms with van der Waals surface area (Å²) in [4.78, 5) is 4.63. The molecule has 3 heteroatoms. The van der Waals surface area contributed by atoms with Gasteiger partial charge in [0.1, 0.15) is 5.01 Å². The van der Waals surface area contributed by atoms with Crippen LogP contribution in [0.1, 0.15) is 5.56 Å². The Kier molecular flexibility index (Phi) is 2.61. The first-order valence-electron chi connectivity index (χ1n) is 5.36. The van der Waals surface area contributed by atoms with Gasteiger partial charge in [-0.15, -0.1) is 11.3 Å². The second-order valence-electron chi connectivity index (χ2n) is 3.95. The molecule has 84 valence electrons. The Bertz CT molecular complexity index is 655. The minimum absolute atomic E-state index is 0.801. The molecule has 1 nitrogen and oxygen atoms in total. The van der Waals surface area contributed by atoms with E-state index in [2.05, 4.69) is 17.1 Å². The highest BCUT2D eigenvalue weighted by Gasteiger charge is 2.06. The molecule has 0 bridgehead atoms. The molecular weight excluding hydrogens is 250 g/mol. The molecule has 0 aliphatic rings. The lowest BCUT2D eigenvalue weighted by atomic mass is 10.1. The Balaban J connectivity index is 2.17. The molecule has 1 heterocycles. The van der Waals surface area contributed by atoms with Crippen molar-refractivity contribution in [3.8, 4) is 10.6 Å². The van der Waals surface area contributed by atoms with Crippen molar-refractivity contribution in [2.75, 3.05) is 0 Å². The third kappa shape index (κ3) is 1.94. The van der Waals surface area contributed by atoms with Crippen molar-refractivity contribution in [3.05, 3.63) is 53.1 Å². The fourth-order valence-electron chi connectivity index (χ4n) is 1.77. The molecule has 0 amide bonds. The normalized spacial score (nSPS) is 10.9. The van der Waals surface area contributed by atoms with Crippen LogP contribution in [0.25, 0.3) is 20.8 Å². The first kappa shape index (κ1) is 10.8. The van der Waals surface area contributed by atoms with Gasteiger partial charge < -0.3 is 0 Å². The molecule has 0 spiro atoms. The molecule has 17 heavy (non-hydrogen) atoms. The van der Waals surface area contributed by atoms with Crippen LogP contribution in [-0.4, -0.2) is 4.98 Å². The molecular formula is C14H10ClNS. The highest BCUT2D eigenvalue weighted by molar-refractivity contribution is 7.21. The summed E-state index contributed by atoms with van der Waals surface area (Å²) in [5.41, 5.74) is 3.27. The second kappa shape index (κ2) is 4.13. The van der Waals surface area contributed by atoms with Crippen LogP contribution >= 0.6 is 22.9 Å². The lowest BCUT2D eigenvalue weighted by Crippen LogP contribution is -1.79. The van der Waals surface area contributed by atoms with Crippen LogP contribution in [-0.2, 0) is 0 Å². The molecule has 0 saturated carbocycles. The monoisotopic (exact) mass is 259 g/mol. The van der Waals surface area contributed by atoms with Gasteiger partial charge in [-0.3, -0.25) is 0 Å². The fraction of sp³-hybridized carbons (Fsp3) is 0.0714. The lowest BCUT2D eigenvalue weighted by molar-refractivity contribution is 1.43. The van der Waals surface area contributed by atoms with E-state index in [-0.39, 0.29) is 0 Å². The molecule has 3 aromatic rings. The highest BCUT2D eigenvalue weighted by Crippen LogP contribution is 2.31. The molecule has 0 aliphatic carbocycles. The van der Waals surface area contributed by atoms with Gasteiger partial charge in [0.15, 0.2) is 0 Å². The van der Waals surface area contributed by atoms with Crippen LogP contribution in [0.2, 0.25) is 5.02 Å². The van der Waals surface area contributed by atoms with Gasteiger partial charge in [0.05, 0.1) is 10.2 Å². The number of aryl methyl sites for hydroxylation is 1. The summed E-state index contributed by atoms with van der Waals surface area (Å²) in [6.45, 7) is 2.01. The number of hydrogen-bond donors (Lipinski definition) is 0. The van der Waals surface area contributed by atoms with E-state index in [0.29, 0.717) is 0 Å². The number of fused-ring (bicyclic) bond motifs is 1. The number of benzene rings is 2. The van der Waals surface area contributed by atoms with Crippen LogP contribution < -0.4 is 0 Å². The topological polar surface area (TPSA) is 12.9 Å². The second-order valence-corrected chi connectivity index (χ2v) is 5.39. The minimum atomic E-state index is 0.801. The SMILES string of the molecule is Cc1cc(-c2nc3ccccc3s2)ccc1Cl. The van der Waals surface area contributed by atoms with Gasteiger partial charge in [0.2, 0.25) is 0 Å². The van der Waals surface area contributed by atoms with Crippen LogP contribution in [0, 0.1) is 6.92 Å². The zero-order chi connectivity index (χ0) is 11.8. The van der Waals surface area contributed by atoms with E-state index in [1.807, 2.05) is 37.3 Å². The van der Waals surface area contributed by atoms with Gasteiger partial charge in [0.25, 0.3) is 0 Å². The van der Waals surface area contributed by atoms with Gasteiger partial charge in [-0.1, -0.05) is 29.8 Å². The zero-order valence-electron chi connectivity index (χ0n) is 9.27. The molecule has 0 fully saturated rings. The Morgan fingerprint density at radius 2 is 1.94 bits per heavy atom. The average Bonchev–Trinajstić information content (AvgIpc) is 2.76. The van der Waals surface area contributed by atoms with Gasteiger partial charge >= 0.3 is 0 Å². The standard InChI is InChI=1S/C14H10ClNS/c1-9-8-10(6-7-11(9)15)14-16-12-4-2-3-5-13(12)17-14/h2-8H,1H3. The predicted octanol–water partition coefficient (Wildman–Crippen LogP) is 4.93. The largest absolute Gasteiger partial charge is 0.236 e. The summed E-state index contributed by atoms with van der Waals surface area (Å²) in [5.74, 6) is 0. The van der Waals surface area contributed by atoms with Gasteiger partial charge in [-0.25, -0.2) is 4.98 Å². The van der Waals surface area contributed by atoms with Crippen molar-refractivity contribution in [2.45, 2.75) is 6.92 Å². The summed E-state index contributed by atoms with van der Waals surface area (Å²) in [6, 6.07) is 14.2. The molecule has 0 aliphatic heterocycles. The van der Waals surface area contributed by atoms with Crippen molar-refractivity contribution in [1.82, 2.24) is 4.98 Å². The fourth-order valence-corrected chi connectivity index (χ4v) is 2.85. The number of aromatic nitrogens is 1. The number of para-hydroxylation sites is 1. The van der Waals surface area contributed by atoms with Gasteiger partial charge in [0, 0.05) is 10.6 Å². The number of hydrogen-bond acceptors (Lipinski definition) is 2. The smallest absolute Gasteiger partial charge is 0.124 e. The molecule has 0 atom stereocenters. The third-order valence-corrected chi connectivity index (χ3v) is 4.21. The summed E-state index contributed by atoms with van der Waals surface area (Å²) < 4.78 is 1.22. The van der Waals surface area contributed by atoms with E-state index in [0.717, 1.165) is 26.7 Å². The molecule has 3 rings (SSSR count). The Hall–Kier alpha value is -1.38. The quantitative estimate of drug-likeness (QED) is 0.604. The number of halogens is 1. The highest BCUT2D eigenvalue weighted by atomic mass is 35.5. The number of rotatable bonds is 1. The van der Waals surface area contributed by atoms with Crippen LogP contribution in [0.4, 0.5) is 0 Å². The van der Waals surface area contributed by atoms with Gasteiger partial charge in [-0.05, 0) is 36.8 Å². The number of thiazole rings is 1. The minimum Gasteiger partial charge on any atom is -0.236 e. The average molecular weight is 260 g/mol. The third-order valence-electron chi connectivity index (χ3n) is 2.70. The van der Waals surface area contributed by atoms with Gasteiger partial charge in [-0.2, -0.15) is 0 Å². The first-order chi connectivity index (χ1) is 8.24. The Morgan fingerprint density at radius 1 is 1.12 bits per heavy atom. The van der Waals surface area contributed by atoms with Crippen LogP contribution in [0.3, 0.4) is 0 Å². The van der Waals surface area contributed by atoms with E-state index in [9.17, 15) is 0 Å². The molecule has 0 saturated heterocycles. The maximum atomic E-state index is 6.03. The molecule has 0 N–H and O–H groups in total. The van der Waals surface area contributed by atoms with Crippen molar-refractivity contribution >= 4 is 33.2 Å². The van der Waals surface area contributed by atoms with E-state index in [1.54, 1.807) is 11.3 Å². The number of nitrogens with zero attached hydrogens (tertiary/aromatic N) is 1. The summed E-state index contributed by atoms with van der Waals surface area (Å²) in [5, 5.41) is 1.85. The maximum absolute atomic E-state index is 6.03. The Morgan fingerprint density at radius 3 is 2.71 bits per heavy atom. The van der Waals surface area contributed by atoms with E-state index >= 15 is 0 Å². The van der Waals surface area contributed by atoms with Crippen LogP contribution in [0.15, 0.2) is 42.5 Å². The van der Waals surface area contributed by atoms with E-state index in [4.69, 9.17) is 11.6 Å². The Labute approximate surface area is 109 Å². The zero-order valence-corrected chi connectivity index (χ0v) is 10.8. The van der Waals surface area contributed by atoms with Crippen molar-refractivity contribution in [3.63, 3.8) is 0 Å². The predicted molar refractivity (Wildman–Crippen MR) is 74.8 cm³/mol. The van der Waals surface area contributed by atoms with E-state index < -0.39 is 0 Å². The van der Waals surface area contributed by atoms with Crippen molar-refractivity contribution in [1.29, 1.82) is 0 Å².